The van der Waals surface area contributed by atoms with Gasteiger partial charge in [0.25, 0.3) is 10.0 Å². The van der Waals surface area contributed by atoms with E-state index in [9.17, 15) is 18.0 Å². The Bertz CT molecular complexity index is 1500. The first-order valence-electron chi connectivity index (χ1n) is 14.5. The molecule has 0 radical (unpaired) electrons. The SMILES string of the molecule is Cc1ccc(S(=O)(=O)N(CC(=O)N(Cc2ccc(Cl)cc2)[C@@H](C)C(=O)NC2CCCCC2)c2ccc(C)c(C)c2)cc1. The third-order valence-corrected chi connectivity index (χ3v) is 10.1. The predicted molar refractivity (Wildman–Crippen MR) is 168 cm³/mol. The number of halogens is 1. The highest BCUT2D eigenvalue weighted by Gasteiger charge is 2.33. The van der Waals surface area contributed by atoms with Crippen LogP contribution in [0.2, 0.25) is 5.02 Å². The highest BCUT2D eigenvalue weighted by molar-refractivity contribution is 7.92. The van der Waals surface area contributed by atoms with Crippen LogP contribution in [-0.2, 0) is 26.2 Å². The van der Waals surface area contributed by atoms with E-state index in [1.807, 2.05) is 26.8 Å². The van der Waals surface area contributed by atoms with Crippen molar-refractivity contribution in [3.8, 4) is 0 Å². The molecular weight excluding hydrogens is 570 g/mol. The van der Waals surface area contributed by atoms with Gasteiger partial charge in [-0.2, -0.15) is 0 Å². The van der Waals surface area contributed by atoms with Crippen LogP contribution in [0.15, 0.2) is 71.6 Å². The molecule has 0 spiro atoms. The highest BCUT2D eigenvalue weighted by atomic mass is 35.5. The van der Waals surface area contributed by atoms with E-state index in [0.717, 1.165) is 58.7 Å². The number of rotatable bonds is 10. The summed E-state index contributed by atoms with van der Waals surface area (Å²) in [7, 11) is -4.11. The van der Waals surface area contributed by atoms with Crippen molar-refractivity contribution < 1.29 is 18.0 Å². The summed E-state index contributed by atoms with van der Waals surface area (Å²) in [4.78, 5) is 29.1. The van der Waals surface area contributed by atoms with Crippen molar-refractivity contribution in [3.05, 3.63) is 94.0 Å². The van der Waals surface area contributed by atoms with Crippen molar-refractivity contribution in [1.82, 2.24) is 10.2 Å². The van der Waals surface area contributed by atoms with Crippen LogP contribution in [-0.4, -0.2) is 43.8 Å². The van der Waals surface area contributed by atoms with Crippen LogP contribution in [0.1, 0.15) is 61.3 Å². The van der Waals surface area contributed by atoms with E-state index >= 15 is 0 Å². The highest BCUT2D eigenvalue weighted by Crippen LogP contribution is 2.27. The van der Waals surface area contributed by atoms with E-state index < -0.39 is 28.5 Å². The number of aryl methyl sites for hydroxylation is 3. The van der Waals surface area contributed by atoms with Gasteiger partial charge in [-0.25, -0.2) is 8.42 Å². The lowest BCUT2D eigenvalue weighted by atomic mass is 9.95. The van der Waals surface area contributed by atoms with Crippen LogP contribution in [0.25, 0.3) is 0 Å². The molecule has 2 amide bonds. The zero-order chi connectivity index (χ0) is 30.4. The van der Waals surface area contributed by atoms with Gasteiger partial charge in [0.15, 0.2) is 0 Å². The van der Waals surface area contributed by atoms with Crippen LogP contribution in [0.5, 0.6) is 0 Å². The largest absolute Gasteiger partial charge is 0.352 e. The number of sulfonamides is 1. The third kappa shape index (κ3) is 7.72. The Labute approximate surface area is 254 Å². The second-order valence-corrected chi connectivity index (χ2v) is 13.6. The van der Waals surface area contributed by atoms with E-state index in [4.69, 9.17) is 11.6 Å². The quantitative estimate of drug-likeness (QED) is 0.291. The number of hydrogen-bond donors (Lipinski definition) is 1. The summed E-state index contributed by atoms with van der Waals surface area (Å²) >= 11 is 6.09. The predicted octanol–water partition coefficient (Wildman–Crippen LogP) is 6.33. The molecule has 42 heavy (non-hydrogen) atoms. The lowest BCUT2D eigenvalue weighted by molar-refractivity contribution is -0.139. The summed E-state index contributed by atoms with van der Waals surface area (Å²) in [6, 6.07) is 18.2. The molecule has 4 rings (SSSR count). The third-order valence-electron chi connectivity index (χ3n) is 8.05. The molecule has 0 aromatic heterocycles. The maximum Gasteiger partial charge on any atom is 0.264 e. The molecule has 3 aromatic rings. The first-order valence-corrected chi connectivity index (χ1v) is 16.3. The van der Waals surface area contributed by atoms with Gasteiger partial charge in [0.2, 0.25) is 11.8 Å². The van der Waals surface area contributed by atoms with Gasteiger partial charge in [-0.1, -0.05) is 66.8 Å². The summed E-state index contributed by atoms with van der Waals surface area (Å²) in [5.41, 5.74) is 4.01. The Balaban J connectivity index is 1.69. The summed E-state index contributed by atoms with van der Waals surface area (Å²) in [6.45, 7) is 7.09. The normalized spacial score (nSPS) is 14.7. The summed E-state index contributed by atoms with van der Waals surface area (Å²) in [5.74, 6) is -0.728. The lowest BCUT2D eigenvalue weighted by Gasteiger charge is -2.33. The Morgan fingerprint density at radius 1 is 0.905 bits per heavy atom. The molecule has 1 atom stereocenters. The van der Waals surface area contributed by atoms with E-state index in [0.29, 0.717) is 10.7 Å². The molecule has 1 aliphatic carbocycles. The van der Waals surface area contributed by atoms with Gasteiger partial charge in [0, 0.05) is 17.6 Å². The summed E-state index contributed by atoms with van der Waals surface area (Å²) in [5, 5.41) is 3.68. The number of nitrogens with zero attached hydrogens (tertiary/aromatic N) is 2. The van der Waals surface area contributed by atoms with Crippen LogP contribution in [0, 0.1) is 20.8 Å². The first kappa shape index (κ1) is 31.6. The van der Waals surface area contributed by atoms with Gasteiger partial charge in [0.05, 0.1) is 10.6 Å². The Kier molecular flexibility index (Phi) is 10.3. The summed E-state index contributed by atoms with van der Waals surface area (Å²) in [6.07, 6.45) is 5.12. The van der Waals surface area contributed by atoms with Crippen LogP contribution in [0.4, 0.5) is 5.69 Å². The maximum atomic E-state index is 14.1. The Morgan fingerprint density at radius 2 is 1.55 bits per heavy atom. The summed E-state index contributed by atoms with van der Waals surface area (Å²) < 4.78 is 29.2. The molecule has 224 valence electrons. The molecule has 0 saturated heterocycles. The molecule has 7 nitrogen and oxygen atoms in total. The molecule has 0 heterocycles. The molecule has 1 saturated carbocycles. The molecule has 1 aliphatic rings. The van der Waals surface area contributed by atoms with Gasteiger partial charge in [-0.15, -0.1) is 0 Å². The molecule has 0 bridgehead atoms. The fourth-order valence-corrected chi connectivity index (χ4v) is 6.72. The van der Waals surface area contributed by atoms with E-state index in [-0.39, 0.29) is 23.4 Å². The first-order chi connectivity index (χ1) is 20.0. The monoisotopic (exact) mass is 609 g/mol. The van der Waals surface area contributed by atoms with Gasteiger partial charge in [-0.3, -0.25) is 13.9 Å². The van der Waals surface area contributed by atoms with E-state index in [1.165, 1.54) is 4.90 Å². The van der Waals surface area contributed by atoms with Crippen molar-refractivity contribution >= 4 is 39.1 Å². The standard InChI is InChI=1S/C33H40ClN3O4S/c1-23-10-18-31(19-11-23)42(40,41)37(30-17-12-24(2)25(3)20-30)22-32(38)36(21-27-13-15-28(34)16-14-27)26(4)33(39)35-29-8-6-5-7-9-29/h10-20,26,29H,5-9,21-22H2,1-4H3,(H,35,39)/t26-/m0/s1. The second kappa shape index (κ2) is 13.7. The van der Waals surface area contributed by atoms with E-state index in [1.54, 1.807) is 67.6 Å². The fraction of sp³-hybridized carbons (Fsp3) is 0.394. The smallest absolute Gasteiger partial charge is 0.264 e. The number of amides is 2. The van der Waals surface area contributed by atoms with Crippen molar-refractivity contribution in [2.45, 2.75) is 83.3 Å². The van der Waals surface area contributed by atoms with Crippen LogP contribution < -0.4 is 9.62 Å². The van der Waals surface area contributed by atoms with Gasteiger partial charge in [-0.05, 0) is 93.6 Å². The van der Waals surface area contributed by atoms with E-state index in [2.05, 4.69) is 5.32 Å². The van der Waals surface area contributed by atoms with Gasteiger partial charge < -0.3 is 10.2 Å². The molecule has 1 fully saturated rings. The van der Waals surface area contributed by atoms with Gasteiger partial charge in [0.1, 0.15) is 12.6 Å². The van der Waals surface area contributed by atoms with Crippen LogP contribution in [0.3, 0.4) is 0 Å². The van der Waals surface area contributed by atoms with Crippen LogP contribution >= 0.6 is 11.6 Å². The van der Waals surface area contributed by atoms with Crippen molar-refractivity contribution in [3.63, 3.8) is 0 Å². The number of nitrogens with one attached hydrogen (secondary N) is 1. The molecular formula is C33H40ClN3O4S. The minimum absolute atomic E-state index is 0.0788. The maximum absolute atomic E-state index is 14.1. The zero-order valence-electron chi connectivity index (χ0n) is 24.8. The molecule has 9 heteroatoms. The molecule has 3 aromatic carbocycles. The minimum atomic E-state index is -4.11. The van der Waals surface area contributed by atoms with Crippen molar-refractivity contribution in [2.24, 2.45) is 0 Å². The Morgan fingerprint density at radius 3 is 2.17 bits per heavy atom. The van der Waals surface area contributed by atoms with Crippen molar-refractivity contribution in [1.29, 1.82) is 0 Å². The fourth-order valence-electron chi connectivity index (χ4n) is 5.18. The van der Waals surface area contributed by atoms with Crippen molar-refractivity contribution in [2.75, 3.05) is 10.8 Å². The Hall–Kier alpha value is -3.36. The lowest BCUT2D eigenvalue weighted by Crippen LogP contribution is -2.53. The number of carbonyl (C=O) groups excluding carboxylic acids is 2. The zero-order valence-corrected chi connectivity index (χ0v) is 26.3. The number of carbonyl (C=O) groups is 2. The van der Waals surface area contributed by atoms with Gasteiger partial charge >= 0.3 is 0 Å². The number of hydrogen-bond acceptors (Lipinski definition) is 4. The molecule has 0 aliphatic heterocycles. The number of benzene rings is 3. The second-order valence-electron chi connectivity index (χ2n) is 11.3. The molecule has 1 N–H and O–H groups in total. The minimum Gasteiger partial charge on any atom is -0.352 e. The number of anilines is 1. The average Bonchev–Trinajstić information content (AvgIpc) is 2.97. The topological polar surface area (TPSA) is 86.8 Å². The molecule has 0 unspecified atom stereocenters. The average molecular weight is 610 g/mol.